The third-order valence-electron chi connectivity index (χ3n) is 3.59. The van der Waals surface area contributed by atoms with E-state index in [4.69, 9.17) is 11.6 Å². The minimum Gasteiger partial charge on any atom is -0.306 e. The van der Waals surface area contributed by atoms with Crippen molar-refractivity contribution < 1.29 is 4.39 Å². The summed E-state index contributed by atoms with van der Waals surface area (Å²) in [6.07, 6.45) is 0. The third-order valence-corrected chi connectivity index (χ3v) is 4.79. The minimum absolute atomic E-state index is 0.207. The zero-order valence-corrected chi connectivity index (χ0v) is 14.6. The van der Waals surface area contributed by atoms with Gasteiger partial charge in [-0.05, 0) is 65.1 Å². The molecule has 0 radical (unpaired) electrons. The predicted octanol–water partition coefficient (Wildman–Crippen LogP) is 5.56. The van der Waals surface area contributed by atoms with E-state index in [2.05, 4.69) is 21.2 Å². The number of nitrogens with one attached hydrogen (secondary N) is 1. The lowest BCUT2D eigenvalue weighted by Gasteiger charge is -2.24. The van der Waals surface area contributed by atoms with Crippen molar-refractivity contribution in [1.82, 2.24) is 5.32 Å². The van der Waals surface area contributed by atoms with Crippen LogP contribution < -0.4 is 5.32 Å². The van der Waals surface area contributed by atoms with Gasteiger partial charge >= 0.3 is 0 Å². The van der Waals surface area contributed by atoms with Crippen molar-refractivity contribution in [1.29, 1.82) is 0 Å². The maximum atomic E-state index is 14.4. The molecule has 1 atom stereocenters. The van der Waals surface area contributed by atoms with E-state index in [-0.39, 0.29) is 11.9 Å². The van der Waals surface area contributed by atoms with Gasteiger partial charge in [0, 0.05) is 10.0 Å². The molecule has 0 aliphatic rings. The zero-order chi connectivity index (χ0) is 15.6. The first-order valence-corrected chi connectivity index (χ1v) is 8.06. The second-order valence-electron chi connectivity index (χ2n) is 5.08. The van der Waals surface area contributed by atoms with Gasteiger partial charge in [0.1, 0.15) is 5.82 Å². The largest absolute Gasteiger partial charge is 0.306 e. The van der Waals surface area contributed by atoms with Crippen molar-refractivity contribution in [2.24, 2.45) is 0 Å². The maximum Gasteiger partial charge on any atom is 0.129 e. The molecule has 1 nitrogen and oxygen atoms in total. The Morgan fingerprint density at radius 2 is 1.86 bits per heavy atom. The predicted molar refractivity (Wildman–Crippen MR) is 90.5 cm³/mol. The van der Waals surface area contributed by atoms with E-state index in [0.717, 1.165) is 23.2 Å². The molecule has 0 bridgehead atoms. The van der Waals surface area contributed by atoms with Crippen molar-refractivity contribution >= 4 is 27.5 Å². The molecule has 2 aromatic carbocycles. The Morgan fingerprint density at radius 1 is 1.24 bits per heavy atom. The molecule has 4 heteroatoms. The molecule has 0 aliphatic carbocycles. The van der Waals surface area contributed by atoms with Crippen molar-refractivity contribution in [2.75, 3.05) is 6.54 Å². The van der Waals surface area contributed by atoms with Gasteiger partial charge in [0.25, 0.3) is 0 Å². The van der Waals surface area contributed by atoms with Crippen molar-refractivity contribution in [2.45, 2.75) is 26.8 Å². The van der Waals surface area contributed by atoms with Crippen LogP contribution >= 0.6 is 27.5 Å². The highest BCUT2D eigenvalue weighted by atomic mass is 79.9. The van der Waals surface area contributed by atoms with Crippen molar-refractivity contribution in [3.05, 3.63) is 67.9 Å². The molecule has 0 saturated heterocycles. The molecule has 0 fully saturated rings. The first-order chi connectivity index (χ1) is 9.95. The maximum absolute atomic E-state index is 14.4. The van der Waals surface area contributed by atoms with E-state index >= 15 is 0 Å². The van der Waals surface area contributed by atoms with E-state index in [9.17, 15) is 4.39 Å². The summed E-state index contributed by atoms with van der Waals surface area (Å²) < 4.78 is 15.0. The average Bonchev–Trinajstić information content (AvgIpc) is 2.42. The van der Waals surface area contributed by atoms with Crippen LogP contribution in [0, 0.1) is 19.7 Å². The lowest BCUT2D eigenvalue weighted by atomic mass is 9.91. The summed E-state index contributed by atoms with van der Waals surface area (Å²) in [6.45, 7) is 6.85. The number of rotatable bonds is 4. The van der Waals surface area contributed by atoms with E-state index in [0.29, 0.717) is 15.1 Å². The van der Waals surface area contributed by atoms with Gasteiger partial charge in [0.05, 0.1) is 11.1 Å². The quantitative estimate of drug-likeness (QED) is 0.695. The molecule has 2 aromatic rings. The number of halogens is 3. The monoisotopic (exact) mass is 369 g/mol. The van der Waals surface area contributed by atoms with Crippen LogP contribution in [0.5, 0.6) is 0 Å². The van der Waals surface area contributed by atoms with Gasteiger partial charge < -0.3 is 5.32 Å². The van der Waals surface area contributed by atoms with E-state index in [1.807, 2.05) is 39.0 Å². The molecule has 0 amide bonds. The molecule has 2 rings (SSSR count). The Kier molecular flexibility index (Phi) is 5.42. The number of benzene rings is 2. The Labute approximate surface area is 138 Å². The molecule has 0 spiro atoms. The number of hydrogen-bond acceptors (Lipinski definition) is 1. The standard InChI is InChI=1S/C17H18BrClFN/c1-4-21-17(16-10(2)6-5-7-11(16)3)12-8-14(19)13(18)9-15(12)20/h5-9,17,21H,4H2,1-3H3. The van der Waals surface area contributed by atoms with Crippen LogP contribution in [0.2, 0.25) is 5.02 Å². The van der Waals surface area contributed by atoms with Gasteiger partial charge in [0.2, 0.25) is 0 Å². The molecule has 0 saturated carbocycles. The summed E-state index contributed by atoms with van der Waals surface area (Å²) in [5.41, 5.74) is 3.96. The second kappa shape index (κ2) is 6.91. The Bertz CT molecular complexity index is 637. The van der Waals surface area contributed by atoms with Crippen molar-refractivity contribution in [3.63, 3.8) is 0 Å². The van der Waals surface area contributed by atoms with Gasteiger partial charge in [-0.15, -0.1) is 0 Å². The number of hydrogen-bond donors (Lipinski definition) is 1. The minimum atomic E-state index is -0.264. The Balaban J connectivity index is 2.62. The van der Waals surface area contributed by atoms with E-state index in [1.165, 1.54) is 6.07 Å². The highest BCUT2D eigenvalue weighted by Gasteiger charge is 2.21. The molecule has 1 unspecified atom stereocenters. The smallest absolute Gasteiger partial charge is 0.129 e. The highest BCUT2D eigenvalue weighted by Crippen LogP contribution is 2.34. The topological polar surface area (TPSA) is 12.0 Å². The van der Waals surface area contributed by atoms with Crippen LogP contribution in [0.1, 0.15) is 35.2 Å². The lowest BCUT2D eigenvalue weighted by Crippen LogP contribution is -2.24. The molecule has 21 heavy (non-hydrogen) atoms. The van der Waals surface area contributed by atoms with Crippen LogP contribution in [0.25, 0.3) is 0 Å². The van der Waals surface area contributed by atoms with Gasteiger partial charge in [-0.2, -0.15) is 0 Å². The summed E-state index contributed by atoms with van der Waals surface area (Å²) >= 11 is 9.42. The fraction of sp³-hybridized carbons (Fsp3) is 0.294. The van der Waals surface area contributed by atoms with Crippen LogP contribution in [0.15, 0.2) is 34.8 Å². The van der Waals surface area contributed by atoms with Crippen molar-refractivity contribution in [3.8, 4) is 0 Å². The fourth-order valence-electron chi connectivity index (χ4n) is 2.61. The van der Waals surface area contributed by atoms with E-state index < -0.39 is 0 Å². The van der Waals surface area contributed by atoms with Gasteiger partial charge in [-0.1, -0.05) is 36.7 Å². The fourth-order valence-corrected chi connectivity index (χ4v) is 3.10. The zero-order valence-electron chi connectivity index (χ0n) is 12.3. The number of aryl methyl sites for hydroxylation is 2. The molecule has 112 valence electrons. The summed E-state index contributed by atoms with van der Waals surface area (Å²) in [6, 6.07) is 9.02. The molecular weight excluding hydrogens is 353 g/mol. The normalized spacial score (nSPS) is 12.5. The average molecular weight is 371 g/mol. The Hall–Kier alpha value is -0.900. The van der Waals surface area contributed by atoms with E-state index in [1.54, 1.807) is 6.07 Å². The summed E-state index contributed by atoms with van der Waals surface area (Å²) in [7, 11) is 0. The summed E-state index contributed by atoms with van der Waals surface area (Å²) in [4.78, 5) is 0. The molecule has 1 N–H and O–H groups in total. The molecular formula is C17H18BrClFN. The van der Waals surface area contributed by atoms with Crippen LogP contribution in [0.3, 0.4) is 0 Å². The SMILES string of the molecule is CCNC(c1cc(Cl)c(Br)cc1F)c1c(C)cccc1C. The van der Waals surface area contributed by atoms with Gasteiger partial charge in [-0.25, -0.2) is 4.39 Å². The van der Waals surface area contributed by atoms with Gasteiger partial charge in [0.15, 0.2) is 0 Å². The van der Waals surface area contributed by atoms with Crippen LogP contribution in [-0.2, 0) is 0 Å². The summed E-state index contributed by atoms with van der Waals surface area (Å²) in [5.74, 6) is -0.264. The third kappa shape index (κ3) is 3.47. The summed E-state index contributed by atoms with van der Waals surface area (Å²) in [5, 5.41) is 3.88. The first-order valence-electron chi connectivity index (χ1n) is 6.89. The Morgan fingerprint density at radius 3 is 2.43 bits per heavy atom. The first kappa shape index (κ1) is 16.5. The second-order valence-corrected chi connectivity index (χ2v) is 6.35. The highest BCUT2D eigenvalue weighted by molar-refractivity contribution is 9.10. The van der Waals surface area contributed by atoms with Gasteiger partial charge in [-0.3, -0.25) is 0 Å². The van der Waals surface area contributed by atoms with Crippen LogP contribution in [-0.4, -0.2) is 6.54 Å². The molecule has 0 aliphatic heterocycles. The lowest BCUT2D eigenvalue weighted by molar-refractivity contribution is 0.556. The molecule has 0 aromatic heterocycles. The molecule has 0 heterocycles. The van der Waals surface area contributed by atoms with Crippen LogP contribution in [0.4, 0.5) is 4.39 Å².